The summed E-state index contributed by atoms with van der Waals surface area (Å²) < 4.78 is 5.57. The molecule has 0 aromatic heterocycles. The van der Waals surface area contributed by atoms with Crippen molar-refractivity contribution in [2.75, 3.05) is 16.3 Å². The van der Waals surface area contributed by atoms with E-state index in [1.807, 2.05) is 30.3 Å². The van der Waals surface area contributed by atoms with Gasteiger partial charge in [0.15, 0.2) is 0 Å². The van der Waals surface area contributed by atoms with E-state index >= 15 is 0 Å². The number of amides is 3. The van der Waals surface area contributed by atoms with Gasteiger partial charge in [0.05, 0.1) is 23.4 Å². The third-order valence-corrected chi connectivity index (χ3v) is 7.01. The van der Waals surface area contributed by atoms with Gasteiger partial charge in [-0.2, -0.15) is 0 Å². The minimum atomic E-state index is -0.583. The third-order valence-electron chi connectivity index (χ3n) is 7.01. The van der Waals surface area contributed by atoms with Crippen molar-refractivity contribution >= 4 is 35.1 Å². The summed E-state index contributed by atoms with van der Waals surface area (Å²) in [6, 6.07) is 15.7. The Balaban J connectivity index is 1.29. The van der Waals surface area contributed by atoms with E-state index < -0.39 is 11.9 Å². The smallest absolute Gasteiger partial charge is 0.316 e. The van der Waals surface area contributed by atoms with E-state index in [0.29, 0.717) is 11.6 Å². The van der Waals surface area contributed by atoms with E-state index in [4.69, 9.17) is 4.74 Å². The first-order chi connectivity index (χ1) is 15.9. The lowest BCUT2D eigenvalue weighted by Gasteiger charge is -2.25. The van der Waals surface area contributed by atoms with Crippen LogP contribution in [-0.4, -0.2) is 30.2 Å². The van der Waals surface area contributed by atoms with E-state index in [1.54, 1.807) is 29.2 Å². The van der Waals surface area contributed by atoms with Crippen LogP contribution >= 0.6 is 0 Å². The Bertz CT molecular complexity index is 1110. The lowest BCUT2D eigenvalue weighted by molar-refractivity contribution is -0.139. The molecule has 2 aromatic rings. The van der Waals surface area contributed by atoms with E-state index in [1.165, 1.54) is 4.90 Å². The van der Waals surface area contributed by atoms with Crippen LogP contribution in [0.4, 0.5) is 11.4 Å². The third kappa shape index (κ3) is 3.92. The number of anilines is 2. The molecule has 3 amide bonds. The monoisotopic (exact) mass is 446 g/mol. The van der Waals surface area contributed by atoms with E-state index in [2.05, 4.69) is 6.92 Å². The summed E-state index contributed by atoms with van der Waals surface area (Å²) in [4.78, 5) is 54.0. The molecule has 33 heavy (non-hydrogen) atoms. The lowest BCUT2D eigenvalue weighted by Crippen LogP contribution is -2.31. The molecule has 0 N–H and O–H groups in total. The zero-order valence-corrected chi connectivity index (χ0v) is 18.5. The van der Waals surface area contributed by atoms with Crippen LogP contribution in [0.3, 0.4) is 0 Å². The van der Waals surface area contributed by atoms with Crippen molar-refractivity contribution < 1.29 is 23.9 Å². The molecule has 2 saturated heterocycles. The number of carbonyl (C=O) groups excluding carboxylic acids is 4. The molecule has 0 unspecified atom stereocenters. The zero-order valence-electron chi connectivity index (χ0n) is 18.5. The van der Waals surface area contributed by atoms with Crippen molar-refractivity contribution in [2.24, 2.45) is 23.7 Å². The molecular weight excluding hydrogens is 420 g/mol. The molecule has 2 heterocycles. The molecule has 7 nitrogen and oxygen atoms in total. The van der Waals surface area contributed by atoms with Crippen LogP contribution in [-0.2, 0) is 19.2 Å². The number of hydrogen-bond acceptors (Lipinski definition) is 5. The highest BCUT2D eigenvalue weighted by Gasteiger charge is 2.50. The van der Waals surface area contributed by atoms with Crippen molar-refractivity contribution in [3.8, 4) is 5.75 Å². The van der Waals surface area contributed by atoms with Gasteiger partial charge in [0.25, 0.3) is 0 Å². The van der Waals surface area contributed by atoms with Crippen LogP contribution in [0, 0.1) is 23.7 Å². The van der Waals surface area contributed by atoms with Gasteiger partial charge < -0.3 is 9.64 Å². The number of imide groups is 1. The highest BCUT2D eigenvalue weighted by Crippen LogP contribution is 2.42. The van der Waals surface area contributed by atoms with Gasteiger partial charge in [0.2, 0.25) is 17.7 Å². The molecule has 7 heteroatoms. The van der Waals surface area contributed by atoms with E-state index in [9.17, 15) is 19.2 Å². The number of esters is 1. The SMILES string of the molecule is C[C@@H]1CC[C@@H]2C(=O)N(c3cccc(OC(=O)[C@H]4CC(=O)N(c5ccccc5)C4)c3)C(=O)[C@@H]2C1. The molecule has 0 spiro atoms. The van der Waals surface area contributed by atoms with Gasteiger partial charge in [-0.05, 0) is 49.4 Å². The maximum Gasteiger partial charge on any atom is 0.316 e. The van der Waals surface area contributed by atoms with Crippen molar-refractivity contribution in [3.05, 3.63) is 54.6 Å². The summed E-state index contributed by atoms with van der Waals surface area (Å²) in [5.41, 5.74) is 1.17. The molecule has 2 aliphatic heterocycles. The number of fused-ring (bicyclic) bond motifs is 1. The van der Waals surface area contributed by atoms with Crippen LogP contribution in [0.15, 0.2) is 54.6 Å². The normalized spacial score (nSPS) is 27.1. The first-order valence-corrected chi connectivity index (χ1v) is 11.5. The van der Waals surface area contributed by atoms with Crippen LogP contribution < -0.4 is 14.5 Å². The quantitative estimate of drug-likeness (QED) is 0.407. The Labute approximate surface area is 192 Å². The first-order valence-electron chi connectivity index (χ1n) is 11.5. The zero-order chi connectivity index (χ0) is 23.1. The first kappa shape index (κ1) is 21.4. The fourth-order valence-electron chi connectivity index (χ4n) is 5.25. The molecule has 2 aromatic carbocycles. The van der Waals surface area contributed by atoms with Gasteiger partial charge in [-0.25, -0.2) is 4.90 Å². The largest absolute Gasteiger partial charge is 0.426 e. The Hall–Kier alpha value is -3.48. The van der Waals surface area contributed by atoms with E-state index in [-0.39, 0.29) is 48.3 Å². The standard InChI is InChI=1S/C26H26N2O5/c1-16-10-11-21-22(12-16)25(31)28(24(21)30)19-8-5-9-20(14-19)33-26(32)17-13-23(29)27(15-17)18-6-3-2-4-7-18/h2-9,14,16-17,21-22H,10-13,15H2,1H3/t16-,17+,21+,22-/m1/s1. The second-order valence-corrected chi connectivity index (χ2v) is 9.30. The molecule has 5 rings (SSSR count). The van der Waals surface area contributed by atoms with Gasteiger partial charge >= 0.3 is 5.97 Å². The van der Waals surface area contributed by atoms with Crippen molar-refractivity contribution in [1.29, 1.82) is 0 Å². The highest BCUT2D eigenvalue weighted by molar-refractivity contribution is 6.22. The highest BCUT2D eigenvalue weighted by atomic mass is 16.5. The summed E-state index contributed by atoms with van der Waals surface area (Å²) in [6.07, 6.45) is 2.49. The Kier molecular flexibility index (Phi) is 5.48. The van der Waals surface area contributed by atoms with Crippen LogP contribution in [0.1, 0.15) is 32.6 Å². The second kappa shape index (κ2) is 8.46. The summed E-state index contributed by atoms with van der Waals surface area (Å²) >= 11 is 0. The average Bonchev–Trinajstić information content (AvgIpc) is 3.32. The van der Waals surface area contributed by atoms with Gasteiger partial charge in [-0.15, -0.1) is 0 Å². The van der Waals surface area contributed by atoms with Crippen molar-refractivity contribution in [2.45, 2.75) is 32.6 Å². The number of rotatable bonds is 4. The predicted octanol–water partition coefficient (Wildman–Crippen LogP) is 3.57. The molecule has 0 radical (unpaired) electrons. The predicted molar refractivity (Wildman–Crippen MR) is 121 cm³/mol. The molecule has 4 atom stereocenters. The Morgan fingerprint density at radius 2 is 1.64 bits per heavy atom. The number of benzene rings is 2. The number of carbonyl (C=O) groups is 4. The molecule has 3 aliphatic rings. The fourth-order valence-corrected chi connectivity index (χ4v) is 5.25. The molecule has 0 bridgehead atoms. The van der Waals surface area contributed by atoms with E-state index in [0.717, 1.165) is 24.9 Å². The van der Waals surface area contributed by atoms with Gasteiger partial charge in [0.1, 0.15) is 5.75 Å². The maximum atomic E-state index is 13.0. The Morgan fingerprint density at radius 3 is 2.42 bits per heavy atom. The molecule has 1 aliphatic carbocycles. The topological polar surface area (TPSA) is 84.0 Å². The summed E-state index contributed by atoms with van der Waals surface area (Å²) in [5.74, 6) is -1.37. The minimum Gasteiger partial charge on any atom is -0.426 e. The van der Waals surface area contributed by atoms with Crippen molar-refractivity contribution in [3.63, 3.8) is 0 Å². The number of para-hydroxylation sites is 1. The molecule has 1 saturated carbocycles. The fraction of sp³-hybridized carbons (Fsp3) is 0.385. The Morgan fingerprint density at radius 1 is 0.909 bits per heavy atom. The second-order valence-electron chi connectivity index (χ2n) is 9.30. The number of ether oxygens (including phenoxy) is 1. The number of hydrogen-bond donors (Lipinski definition) is 0. The molecule has 170 valence electrons. The van der Waals surface area contributed by atoms with Gasteiger partial charge in [-0.1, -0.05) is 31.2 Å². The minimum absolute atomic E-state index is 0.0814. The summed E-state index contributed by atoms with van der Waals surface area (Å²) in [5, 5.41) is 0. The van der Waals surface area contributed by atoms with Gasteiger partial charge in [-0.3, -0.25) is 19.2 Å². The lowest BCUT2D eigenvalue weighted by atomic mass is 9.76. The number of nitrogens with zero attached hydrogens (tertiary/aromatic N) is 2. The summed E-state index contributed by atoms with van der Waals surface area (Å²) in [7, 11) is 0. The maximum absolute atomic E-state index is 13.0. The van der Waals surface area contributed by atoms with Crippen LogP contribution in [0.2, 0.25) is 0 Å². The van der Waals surface area contributed by atoms with Crippen LogP contribution in [0.5, 0.6) is 5.75 Å². The average molecular weight is 447 g/mol. The van der Waals surface area contributed by atoms with Crippen molar-refractivity contribution in [1.82, 2.24) is 0 Å². The molecular formula is C26H26N2O5. The molecule has 3 fully saturated rings. The van der Waals surface area contributed by atoms with Gasteiger partial charge in [0, 0.05) is 24.7 Å². The van der Waals surface area contributed by atoms with Crippen LogP contribution in [0.25, 0.3) is 0 Å². The summed E-state index contributed by atoms with van der Waals surface area (Å²) in [6.45, 7) is 2.37.